The quantitative estimate of drug-likeness (QED) is 0.670. The average Bonchev–Trinajstić information content (AvgIpc) is 2.32. The molecule has 0 radical (unpaired) electrons. The van der Waals surface area contributed by atoms with E-state index in [0.29, 0.717) is 5.92 Å². The van der Waals surface area contributed by atoms with Crippen LogP contribution in [0.2, 0.25) is 0 Å². The molecule has 1 heterocycles. The van der Waals surface area contributed by atoms with Crippen molar-refractivity contribution in [2.24, 2.45) is 5.41 Å². The Morgan fingerprint density at radius 3 is 2.17 bits per heavy atom. The Balaban J connectivity index is 2.85. The van der Waals surface area contributed by atoms with E-state index in [1.165, 1.54) is 0 Å². The van der Waals surface area contributed by atoms with E-state index in [0.717, 1.165) is 10.0 Å². The molecule has 3 heteroatoms. The third-order valence-electron chi connectivity index (χ3n) is 2.21. The fourth-order valence-corrected chi connectivity index (χ4v) is 1.85. The average molecular weight is 184 g/mol. The number of aryl methyl sites for hydroxylation is 1. The maximum atomic E-state index is 4.15. The van der Waals surface area contributed by atoms with Crippen molar-refractivity contribution in [3.63, 3.8) is 0 Å². The first-order chi connectivity index (χ1) is 5.41. The van der Waals surface area contributed by atoms with Gasteiger partial charge < -0.3 is 0 Å². The van der Waals surface area contributed by atoms with Gasteiger partial charge in [-0.3, -0.25) is 0 Å². The molecule has 0 saturated carbocycles. The minimum absolute atomic E-state index is 0.284. The molecule has 12 heavy (non-hydrogen) atoms. The second kappa shape index (κ2) is 3.13. The molecule has 68 valence electrons. The van der Waals surface area contributed by atoms with Gasteiger partial charge in [0, 0.05) is 5.92 Å². The Kier molecular flexibility index (Phi) is 2.52. The van der Waals surface area contributed by atoms with Gasteiger partial charge in [-0.15, -0.1) is 21.5 Å². The van der Waals surface area contributed by atoms with Gasteiger partial charge in [0.25, 0.3) is 0 Å². The Bertz CT molecular complexity index is 260. The predicted molar refractivity (Wildman–Crippen MR) is 52.5 cm³/mol. The van der Waals surface area contributed by atoms with Crippen LogP contribution in [-0.2, 0) is 0 Å². The van der Waals surface area contributed by atoms with Crippen molar-refractivity contribution in [2.75, 3.05) is 0 Å². The fourth-order valence-electron chi connectivity index (χ4n) is 0.857. The van der Waals surface area contributed by atoms with E-state index in [2.05, 4.69) is 37.9 Å². The Labute approximate surface area is 78.0 Å². The van der Waals surface area contributed by atoms with Crippen molar-refractivity contribution in [1.29, 1.82) is 0 Å². The first-order valence-corrected chi connectivity index (χ1v) is 5.03. The summed E-state index contributed by atoms with van der Waals surface area (Å²) in [5, 5.41) is 10.4. The largest absolute Gasteiger partial charge is 0.144 e. The lowest BCUT2D eigenvalue weighted by Gasteiger charge is -2.24. The molecule has 1 atom stereocenters. The summed E-state index contributed by atoms with van der Waals surface area (Å²) in [4.78, 5) is 0. The SMILES string of the molecule is Cc1nnc([C@H](C)C(C)(C)C)s1. The molecule has 1 aromatic rings. The van der Waals surface area contributed by atoms with Gasteiger partial charge in [-0.05, 0) is 12.3 Å². The lowest BCUT2D eigenvalue weighted by Crippen LogP contribution is -2.14. The molecule has 0 aliphatic carbocycles. The third-order valence-corrected chi connectivity index (χ3v) is 3.23. The van der Waals surface area contributed by atoms with Crippen LogP contribution in [0, 0.1) is 12.3 Å². The highest BCUT2D eigenvalue weighted by Crippen LogP contribution is 2.35. The molecule has 0 saturated heterocycles. The standard InChI is InChI=1S/C9H16N2S/c1-6(9(3,4)5)8-11-10-7(2)12-8/h6H,1-5H3/t6-/m0/s1. The Morgan fingerprint density at radius 2 is 1.83 bits per heavy atom. The van der Waals surface area contributed by atoms with Gasteiger partial charge in [0.15, 0.2) is 0 Å². The molecule has 0 unspecified atom stereocenters. The third kappa shape index (κ3) is 2.03. The van der Waals surface area contributed by atoms with Crippen LogP contribution in [0.1, 0.15) is 43.6 Å². The molecule has 1 aromatic heterocycles. The maximum Gasteiger partial charge on any atom is 0.120 e. The van der Waals surface area contributed by atoms with Gasteiger partial charge in [-0.1, -0.05) is 27.7 Å². The lowest BCUT2D eigenvalue weighted by molar-refractivity contribution is 0.337. The van der Waals surface area contributed by atoms with Gasteiger partial charge in [-0.2, -0.15) is 0 Å². The fraction of sp³-hybridized carbons (Fsp3) is 0.778. The van der Waals surface area contributed by atoms with Crippen molar-refractivity contribution in [2.45, 2.75) is 40.5 Å². The van der Waals surface area contributed by atoms with Crippen LogP contribution in [0.25, 0.3) is 0 Å². The normalized spacial score (nSPS) is 14.8. The summed E-state index contributed by atoms with van der Waals surface area (Å²) in [5.74, 6) is 0.490. The smallest absolute Gasteiger partial charge is 0.120 e. The molecule has 0 aliphatic rings. The summed E-state index contributed by atoms with van der Waals surface area (Å²) in [5.41, 5.74) is 0.284. The van der Waals surface area contributed by atoms with Crippen LogP contribution < -0.4 is 0 Å². The molecule has 0 aromatic carbocycles. The van der Waals surface area contributed by atoms with Crippen LogP contribution in [0.3, 0.4) is 0 Å². The molecule has 0 aliphatic heterocycles. The molecule has 0 spiro atoms. The van der Waals surface area contributed by atoms with Gasteiger partial charge >= 0.3 is 0 Å². The zero-order chi connectivity index (χ0) is 9.35. The van der Waals surface area contributed by atoms with E-state index >= 15 is 0 Å². The van der Waals surface area contributed by atoms with E-state index in [1.807, 2.05) is 6.92 Å². The highest BCUT2D eigenvalue weighted by Gasteiger charge is 2.24. The molecule has 0 fully saturated rings. The molecule has 0 bridgehead atoms. The first-order valence-electron chi connectivity index (χ1n) is 4.21. The second-order valence-corrected chi connectivity index (χ2v) is 5.46. The van der Waals surface area contributed by atoms with E-state index in [-0.39, 0.29) is 5.41 Å². The lowest BCUT2D eigenvalue weighted by atomic mass is 9.83. The summed E-state index contributed by atoms with van der Waals surface area (Å²) in [6, 6.07) is 0. The minimum Gasteiger partial charge on any atom is -0.144 e. The number of aromatic nitrogens is 2. The Morgan fingerprint density at radius 1 is 1.25 bits per heavy atom. The van der Waals surface area contributed by atoms with Crippen molar-refractivity contribution in [3.8, 4) is 0 Å². The van der Waals surface area contributed by atoms with Crippen molar-refractivity contribution in [3.05, 3.63) is 10.0 Å². The van der Waals surface area contributed by atoms with Gasteiger partial charge in [0.1, 0.15) is 10.0 Å². The summed E-state index contributed by atoms with van der Waals surface area (Å²) in [7, 11) is 0. The molecular weight excluding hydrogens is 168 g/mol. The molecule has 0 amide bonds. The highest BCUT2D eigenvalue weighted by molar-refractivity contribution is 7.11. The topological polar surface area (TPSA) is 25.8 Å². The van der Waals surface area contributed by atoms with Crippen LogP contribution >= 0.6 is 11.3 Å². The van der Waals surface area contributed by atoms with E-state index in [9.17, 15) is 0 Å². The van der Waals surface area contributed by atoms with Crippen LogP contribution in [0.4, 0.5) is 0 Å². The van der Waals surface area contributed by atoms with Gasteiger partial charge in [0.2, 0.25) is 0 Å². The molecular formula is C9H16N2S. The zero-order valence-electron chi connectivity index (χ0n) is 8.38. The van der Waals surface area contributed by atoms with E-state index < -0.39 is 0 Å². The minimum atomic E-state index is 0.284. The highest BCUT2D eigenvalue weighted by atomic mass is 32.1. The number of nitrogens with zero attached hydrogens (tertiary/aromatic N) is 2. The summed E-state index contributed by atoms with van der Waals surface area (Å²) >= 11 is 1.70. The van der Waals surface area contributed by atoms with Gasteiger partial charge in [-0.25, -0.2) is 0 Å². The number of hydrogen-bond donors (Lipinski definition) is 0. The summed E-state index contributed by atoms with van der Waals surface area (Å²) < 4.78 is 0. The maximum absolute atomic E-state index is 4.15. The van der Waals surface area contributed by atoms with Crippen LogP contribution in [0.5, 0.6) is 0 Å². The van der Waals surface area contributed by atoms with E-state index in [4.69, 9.17) is 0 Å². The van der Waals surface area contributed by atoms with Crippen molar-refractivity contribution < 1.29 is 0 Å². The van der Waals surface area contributed by atoms with Crippen LogP contribution in [0.15, 0.2) is 0 Å². The van der Waals surface area contributed by atoms with Crippen LogP contribution in [-0.4, -0.2) is 10.2 Å². The molecule has 1 rings (SSSR count). The monoisotopic (exact) mass is 184 g/mol. The first kappa shape index (κ1) is 9.65. The summed E-state index contributed by atoms with van der Waals surface area (Å²) in [6.45, 7) is 10.9. The zero-order valence-corrected chi connectivity index (χ0v) is 9.20. The van der Waals surface area contributed by atoms with Crippen molar-refractivity contribution >= 4 is 11.3 Å². The van der Waals surface area contributed by atoms with Crippen molar-refractivity contribution in [1.82, 2.24) is 10.2 Å². The number of rotatable bonds is 1. The van der Waals surface area contributed by atoms with E-state index in [1.54, 1.807) is 11.3 Å². The summed E-state index contributed by atoms with van der Waals surface area (Å²) in [6.07, 6.45) is 0. The molecule has 0 N–H and O–H groups in total. The predicted octanol–water partition coefficient (Wildman–Crippen LogP) is 3.00. The second-order valence-electron chi connectivity index (χ2n) is 4.25. The molecule has 2 nitrogen and oxygen atoms in total. The number of hydrogen-bond acceptors (Lipinski definition) is 3. The van der Waals surface area contributed by atoms with Gasteiger partial charge in [0.05, 0.1) is 0 Å². The Hall–Kier alpha value is -0.440.